The molecule has 3 rings (SSSR count). The minimum Gasteiger partial charge on any atom is -0.386 e. The van der Waals surface area contributed by atoms with Crippen molar-refractivity contribution in [3.63, 3.8) is 0 Å². The number of benzene rings is 1. The first kappa shape index (κ1) is 22.8. The molecule has 3 aromatic rings. The Balaban J connectivity index is 1.94. The highest BCUT2D eigenvalue weighted by molar-refractivity contribution is 7.72. The Morgan fingerprint density at radius 3 is 2.68 bits per heavy atom. The lowest BCUT2D eigenvalue weighted by Crippen LogP contribution is -2.21. The van der Waals surface area contributed by atoms with Gasteiger partial charge in [-0.2, -0.15) is 5.10 Å². The molecular formula is C20H22F2N4O4S. The van der Waals surface area contributed by atoms with Gasteiger partial charge in [0.05, 0.1) is 11.1 Å². The molecule has 2 heterocycles. The third-order valence-corrected chi connectivity index (χ3v) is 5.23. The lowest BCUT2D eigenvalue weighted by atomic mass is 9.95. The number of hydrogen-bond donors (Lipinski definition) is 3. The molecule has 0 saturated carbocycles. The van der Waals surface area contributed by atoms with Gasteiger partial charge in [0, 0.05) is 35.1 Å². The molecule has 1 amide bonds. The molecule has 0 unspecified atom stereocenters. The quantitative estimate of drug-likeness (QED) is 0.453. The SMILES string of the molecule is CC(C)(O)c1cc2nn(CCC[SH](=O)=O)cc2cc1NC(=O)c1cccc(C(F)F)n1. The molecule has 0 atom stereocenters. The first-order chi connectivity index (χ1) is 14.5. The van der Waals surface area contributed by atoms with Crippen LogP contribution >= 0.6 is 0 Å². The van der Waals surface area contributed by atoms with E-state index in [1.807, 2.05) is 0 Å². The largest absolute Gasteiger partial charge is 0.386 e. The van der Waals surface area contributed by atoms with Crippen LogP contribution in [0.4, 0.5) is 14.5 Å². The number of carbonyl (C=O) groups is 1. The number of aliphatic hydroxyl groups is 1. The molecule has 166 valence electrons. The Labute approximate surface area is 178 Å². The summed E-state index contributed by atoms with van der Waals surface area (Å²) in [5, 5.41) is 18.3. The zero-order valence-corrected chi connectivity index (χ0v) is 17.8. The summed E-state index contributed by atoms with van der Waals surface area (Å²) in [6, 6.07) is 7.02. The summed E-state index contributed by atoms with van der Waals surface area (Å²) in [5.74, 6) is -0.647. The second-order valence-corrected chi connectivity index (χ2v) is 8.63. The van der Waals surface area contributed by atoms with E-state index in [0.29, 0.717) is 29.4 Å². The number of fused-ring (bicyclic) bond motifs is 1. The average molecular weight is 452 g/mol. The standard InChI is InChI=1S/C20H22F2N4O4S/c1-20(2,28)13-10-16-12(11-26(25-16)7-4-8-31(29)30)9-17(13)24-19(27)15-6-3-5-14(23-15)18(21)22/h3,5-6,9-11,18,28,31H,4,7-8H2,1-2H3,(H,24,27). The Hall–Kier alpha value is -2.92. The number of thiol groups is 1. The molecular weight excluding hydrogens is 430 g/mol. The van der Waals surface area contributed by atoms with Crippen molar-refractivity contribution < 1.29 is 27.1 Å². The van der Waals surface area contributed by atoms with Crippen molar-refractivity contribution in [2.45, 2.75) is 38.8 Å². The van der Waals surface area contributed by atoms with Gasteiger partial charge in [-0.25, -0.2) is 22.2 Å². The smallest absolute Gasteiger partial charge is 0.280 e. The Bertz CT molecular complexity index is 1180. The number of rotatable bonds is 8. The number of pyridine rings is 1. The fourth-order valence-corrected chi connectivity index (χ4v) is 3.49. The molecule has 0 aliphatic rings. The van der Waals surface area contributed by atoms with Crippen LogP contribution in [0, 0.1) is 0 Å². The van der Waals surface area contributed by atoms with E-state index in [0.717, 1.165) is 6.07 Å². The van der Waals surface area contributed by atoms with Crippen LogP contribution in [0.3, 0.4) is 0 Å². The maximum Gasteiger partial charge on any atom is 0.280 e. The minimum absolute atomic E-state index is 0.0481. The van der Waals surface area contributed by atoms with E-state index in [1.165, 1.54) is 12.1 Å². The molecule has 0 aliphatic carbocycles. The van der Waals surface area contributed by atoms with E-state index in [2.05, 4.69) is 15.4 Å². The van der Waals surface area contributed by atoms with Crippen molar-refractivity contribution in [2.24, 2.45) is 0 Å². The molecule has 8 nitrogen and oxygen atoms in total. The highest BCUT2D eigenvalue weighted by Gasteiger charge is 2.24. The van der Waals surface area contributed by atoms with Gasteiger partial charge in [0.1, 0.15) is 22.1 Å². The number of halogens is 2. The highest BCUT2D eigenvalue weighted by atomic mass is 32.2. The van der Waals surface area contributed by atoms with Gasteiger partial charge in [-0.15, -0.1) is 0 Å². The van der Waals surface area contributed by atoms with Gasteiger partial charge in [0.2, 0.25) is 0 Å². The molecule has 31 heavy (non-hydrogen) atoms. The predicted octanol–water partition coefficient (Wildman–Crippen LogP) is 2.85. The van der Waals surface area contributed by atoms with Crippen molar-refractivity contribution in [1.29, 1.82) is 0 Å². The third kappa shape index (κ3) is 5.61. The third-order valence-electron chi connectivity index (χ3n) is 4.55. The molecule has 0 radical (unpaired) electrons. The van der Waals surface area contributed by atoms with Crippen molar-refractivity contribution >= 4 is 33.2 Å². The van der Waals surface area contributed by atoms with Crippen LogP contribution in [0.1, 0.15) is 48.4 Å². The van der Waals surface area contributed by atoms with E-state index in [9.17, 15) is 27.1 Å². The number of carbonyl (C=O) groups excluding carboxylic acids is 1. The topological polar surface area (TPSA) is 114 Å². The molecule has 2 aromatic heterocycles. The molecule has 0 aliphatic heterocycles. The number of nitrogens with zero attached hydrogens (tertiary/aromatic N) is 3. The van der Waals surface area contributed by atoms with E-state index >= 15 is 0 Å². The first-order valence-electron chi connectivity index (χ1n) is 9.47. The lowest BCUT2D eigenvalue weighted by Gasteiger charge is -2.22. The summed E-state index contributed by atoms with van der Waals surface area (Å²) in [6.45, 7) is 3.48. The molecule has 1 aromatic carbocycles. The Morgan fingerprint density at radius 1 is 1.29 bits per heavy atom. The van der Waals surface area contributed by atoms with Crippen molar-refractivity contribution in [1.82, 2.24) is 14.8 Å². The van der Waals surface area contributed by atoms with Crippen LogP contribution in [0.25, 0.3) is 10.9 Å². The number of aryl methyl sites for hydroxylation is 1. The van der Waals surface area contributed by atoms with E-state index < -0.39 is 34.3 Å². The summed E-state index contributed by atoms with van der Waals surface area (Å²) < 4.78 is 48.9. The van der Waals surface area contributed by atoms with Crippen LogP contribution in [-0.2, 0) is 22.8 Å². The molecule has 0 fully saturated rings. The predicted molar refractivity (Wildman–Crippen MR) is 112 cm³/mol. The second-order valence-electron chi connectivity index (χ2n) is 7.52. The number of nitrogens with one attached hydrogen (secondary N) is 1. The van der Waals surface area contributed by atoms with E-state index in [1.54, 1.807) is 36.9 Å². The number of hydrogen-bond acceptors (Lipinski definition) is 6. The fraction of sp³-hybridized carbons (Fsp3) is 0.350. The van der Waals surface area contributed by atoms with Crippen LogP contribution in [-0.4, -0.2) is 39.9 Å². The van der Waals surface area contributed by atoms with Crippen molar-refractivity contribution in [3.8, 4) is 0 Å². The lowest BCUT2D eigenvalue weighted by molar-refractivity contribution is 0.0793. The van der Waals surface area contributed by atoms with Crippen molar-refractivity contribution in [2.75, 3.05) is 11.1 Å². The molecule has 0 saturated heterocycles. The van der Waals surface area contributed by atoms with E-state index in [4.69, 9.17) is 0 Å². The van der Waals surface area contributed by atoms with Gasteiger partial charge in [-0.1, -0.05) is 6.07 Å². The normalized spacial score (nSPS) is 12.1. The molecule has 0 bridgehead atoms. The van der Waals surface area contributed by atoms with E-state index in [-0.39, 0.29) is 17.1 Å². The van der Waals surface area contributed by atoms with Crippen LogP contribution in [0.5, 0.6) is 0 Å². The maximum atomic E-state index is 12.9. The van der Waals surface area contributed by atoms with Gasteiger partial charge in [0.15, 0.2) is 0 Å². The van der Waals surface area contributed by atoms with Gasteiger partial charge in [-0.3, -0.25) is 9.48 Å². The molecule has 2 N–H and O–H groups in total. The maximum absolute atomic E-state index is 12.9. The Kier molecular flexibility index (Phi) is 6.65. The van der Waals surface area contributed by atoms with Gasteiger partial charge in [0.25, 0.3) is 12.3 Å². The summed E-state index contributed by atoms with van der Waals surface area (Å²) in [4.78, 5) is 16.3. The number of aromatic nitrogens is 3. The summed E-state index contributed by atoms with van der Waals surface area (Å²) in [5.41, 5.74) is -0.796. The van der Waals surface area contributed by atoms with Gasteiger partial charge < -0.3 is 10.4 Å². The molecule has 0 spiro atoms. The second kappa shape index (κ2) is 9.06. The average Bonchev–Trinajstić information content (AvgIpc) is 3.08. The van der Waals surface area contributed by atoms with Crippen molar-refractivity contribution in [3.05, 3.63) is 53.5 Å². The summed E-state index contributed by atoms with van der Waals surface area (Å²) >= 11 is 0. The highest BCUT2D eigenvalue weighted by Crippen LogP contribution is 2.32. The Morgan fingerprint density at radius 2 is 2.03 bits per heavy atom. The number of amides is 1. The molecule has 11 heteroatoms. The van der Waals surface area contributed by atoms with Crippen LogP contribution in [0.15, 0.2) is 36.5 Å². The van der Waals surface area contributed by atoms with Gasteiger partial charge >= 0.3 is 0 Å². The first-order valence-corrected chi connectivity index (χ1v) is 10.8. The number of anilines is 1. The fourth-order valence-electron chi connectivity index (χ4n) is 3.09. The van der Waals surface area contributed by atoms with Gasteiger partial charge in [-0.05, 0) is 44.5 Å². The monoisotopic (exact) mass is 452 g/mol. The number of alkyl halides is 2. The summed E-state index contributed by atoms with van der Waals surface area (Å²) in [6.07, 6.45) is -0.699. The van der Waals surface area contributed by atoms with Crippen LogP contribution < -0.4 is 5.32 Å². The zero-order chi connectivity index (χ0) is 22.8. The van der Waals surface area contributed by atoms with Crippen LogP contribution in [0.2, 0.25) is 0 Å². The summed E-state index contributed by atoms with van der Waals surface area (Å²) in [7, 11) is -2.46. The zero-order valence-electron chi connectivity index (χ0n) is 16.9. The minimum atomic E-state index is -2.80.